The molecule has 0 bridgehead atoms. The molecular formula is C17H32N4O4. The van der Waals surface area contributed by atoms with Crippen LogP contribution in [-0.4, -0.2) is 80.0 Å². The number of rotatable bonds is 9. The summed E-state index contributed by atoms with van der Waals surface area (Å²) in [6.07, 6.45) is 3.63. The number of hydrogen-bond donors (Lipinski definition) is 4. The smallest absolute Gasteiger partial charge is 0.315 e. The Morgan fingerprint density at radius 2 is 2.00 bits per heavy atom. The van der Waals surface area contributed by atoms with Crippen molar-refractivity contribution >= 4 is 11.9 Å². The van der Waals surface area contributed by atoms with Gasteiger partial charge < -0.3 is 30.7 Å². The number of nitrogens with zero attached hydrogens (tertiary/aromatic N) is 1. The van der Waals surface area contributed by atoms with Crippen molar-refractivity contribution in [3.63, 3.8) is 0 Å². The molecule has 0 aromatic heterocycles. The van der Waals surface area contributed by atoms with Crippen LogP contribution >= 0.6 is 0 Å². The van der Waals surface area contributed by atoms with Crippen molar-refractivity contribution in [2.45, 2.75) is 51.0 Å². The van der Waals surface area contributed by atoms with E-state index in [0.29, 0.717) is 6.54 Å². The number of hydrogen-bond acceptors (Lipinski definition) is 5. The van der Waals surface area contributed by atoms with Gasteiger partial charge >= 0.3 is 6.03 Å². The molecule has 0 radical (unpaired) electrons. The second kappa shape index (κ2) is 11.1. The molecule has 144 valence electrons. The van der Waals surface area contributed by atoms with Crippen LogP contribution in [0.4, 0.5) is 4.79 Å². The number of amides is 3. The summed E-state index contributed by atoms with van der Waals surface area (Å²) in [7, 11) is 3.98. The van der Waals surface area contributed by atoms with E-state index in [4.69, 9.17) is 4.74 Å². The normalized spacial score (nSPS) is 22.9. The van der Waals surface area contributed by atoms with Gasteiger partial charge in [0.15, 0.2) is 0 Å². The van der Waals surface area contributed by atoms with Crippen molar-refractivity contribution in [2.24, 2.45) is 0 Å². The third-order valence-corrected chi connectivity index (χ3v) is 3.67. The van der Waals surface area contributed by atoms with E-state index >= 15 is 0 Å². The van der Waals surface area contributed by atoms with E-state index in [0.717, 1.165) is 13.0 Å². The van der Waals surface area contributed by atoms with Gasteiger partial charge in [0.05, 0.1) is 25.2 Å². The highest BCUT2D eigenvalue weighted by Gasteiger charge is 2.29. The Balaban J connectivity index is 2.42. The van der Waals surface area contributed by atoms with Crippen LogP contribution in [0.25, 0.3) is 0 Å². The molecule has 8 nitrogen and oxygen atoms in total. The SMILES string of the molecule is CC(C)NC(=O)N[C@H]1C=C[C@H](CC(=O)NCCCN(C)C)O[C@H]1CO. The van der Waals surface area contributed by atoms with Crippen molar-refractivity contribution < 1.29 is 19.4 Å². The number of aliphatic hydroxyl groups is 1. The van der Waals surface area contributed by atoms with Crippen LogP contribution in [0.5, 0.6) is 0 Å². The molecule has 0 fully saturated rings. The van der Waals surface area contributed by atoms with Gasteiger partial charge in [-0.05, 0) is 40.9 Å². The molecule has 1 rings (SSSR count). The van der Waals surface area contributed by atoms with Crippen molar-refractivity contribution in [3.05, 3.63) is 12.2 Å². The quantitative estimate of drug-likeness (QED) is 0.339. The van der Waals surface area contributed by atoms with Gasteiger partial charge in [-0.3, -0.25) is 4.79 Å². The van der Waals surface area contributed by atoms with Crippen LogP contribution in [0, 0.1) is 0 Å². The first kappa shape index (κ1) is 21.4. The summed E-state index contributed by atoms with van der Waals surface area (Å²) >= 11 is 0. The van der Waals surface area contributed by atoms with Crippen LogP contribution in [0.3, 0.4) is 0 Å². The maximum atomic E-state index is 12.0. The average molecular weight is 356 g/mol. The van der Waals surface area contributed by atoms with Crippen LogP contribution < -0.4 is 16.0 Å². The van der Waals surface area contributed by atoms with Crippen molar-refractivity contribution in [3.8, 4) is 0 Å². The Morgan fingerprint density at radius 3 is 2.60 bits per heavy atom. The highest BCUT2D eigenvalue weighted by atomic mass is 16.5. The van der Waals surface area contributed by atoms with E-state index in [-0.39, 0.29) is 31.0 Å². The molecular weight excluding hydrogens is 324 g/mol. The maximum Gasteiger partial charge on any atom is 0.315 e. The number of ether oxygens (including phenoxy) is 1. The monoisotopic (exact) mass is 356 g/mol. The van der Waals surface area contributed by atoms with E-state index in [9.17, 15) is 14.7 Å². The van der Waals surface area contributed by atoms with Gasteiger partial charge in [0.25, 0.3) is 0 Å². The molecule has 0 unspecified atom stereocenters. The lowest BCUT2D eigenvalue weighted by Crippen LogP contribution is -2.52. The lowest BCUT2D eigenvalue weighted by atomic mass is 10.0. The third-order valence-electron chi connectivity index (χ3n) is 3.67. The molecule has 3 amide bonds. The van der Waals surface area contributed by atoms with Gasteiger partial charge in [-0.1, -0.05) is 12.2 Å². The summed E-state index contributed by atoms with van der Waals surface area (Å²) in [6.45, 7) is 5.03. The first-order valence-electron chi connectivity index (χ1n) is 8.75. The van der Waals surface area contributed by atoms with Gasteiger partial charge in [-0.2, -0.15) is 0 Å². The topological polar surface area (TPSA) is 103 Å². The molecule has 0 aromatic carbocycles. The molecule has 0 saturated carbocycles. The van der Waals surface area contributed by atoms with Crippen LogP contribution in [0.2, 0.25) is 0 Å². The maximum absolute atomic E-state index is 12.0. The second-order valence-electron chi connectivity index (χ2n) is 6.79. The lowest BCUT2D eigenvalue weighted by molar-refractivity contribution is -0.125. The highest BCUT2D eigenvalue weighted by Crippen LogP contribution is 2.15. The van der Waals surface area contributed by atoms with Gasteiger partial charge in [0.2, 0.25) is 5.91 Å². The van der Waals surface area contributed by atoms with Crippen LogP contribution in [0.15, 0.2) is 12.2 Å². The van der Waals surface area contributed by atoms with Crippen LogP contribution in [0.1, 0.15) is 26.7 Å². The molecule has 1 aliphatic heterocycles. The summed E-state index contributed by atoms with van der Waals surface area (Å²) in [6, 6.07) is -0.725. The molecule has 3 atom stereocenters. The zero-order chi connectivity index (χ0) is 18.8. The Morgan fingerprint density at radius 1 is 1.28 bits per heavy atom. The van der Waals surface area contributed by atoms with Gasteiger partial charge in [0.1, 0.15) is 6.10 Å². The summed E-state index contributed by atoms with van der Waals surface area (Å²) in [5.41, 5.74) is 0. The first-order chi connectivity index (χ1) is 11.8. The Labute approximate surface area is 150 Å². The highest BCUT2D eigenvalue weighted by molar-refractivity contribution is 5.77. The Bertz CT molecular complexity index is 454. The minimum absolute atomic E-state index is 0.0185. The number of aliphatic hydroxyl groups excluding tert-OH is 1. The number of nitrogens with one attached hydrogen (secondary N) is 3. The average Bonchev–Trinajstić information content (AvgIpc) is 2.52. The molecule has 0 aliphatic carbocycles. The largest absolute Gasteiger partial charge is 0.394 e. The number of carbonyl (C=O) groups excluding carboxylic acids is 2. The molecule has 0 aromatic rings. The second-order valence-corrected chi connectivity index (χ2v) is 6.79. The van der Waals surface area contributed by atoms with Crippen LogP contribution in [-0.2, 0) is 9.53 Å². The Hall–Kier alpha value is -1.64. The Kier molecular flexibility index (Phi) is 9.48. The fourth-order valence-corrected chi connectivity index (χ4v) is 2.47. The van der Waals surface area contributed by atoms with Crippen molar-refractivity contribution in [1.82, 2.24) is 20.9 Å². The fraction of sp³-hybridized carbons (Fsp3) is 0.765. The molecule has 0 spiro atoms. The van der Waals surface area contributed by atoms with E-state index < -0.39 is 18.2 Å². The van der Waals surface area contributed by atoms with Gasteiger partial charge in [-0.15, -0.1) is 0 Å². The number of urea groups is 1. The molecule has 8 heteroatoms. The molecule has 1 aliphatic rings. The summed E-state index contributed by atoms with van der Waals surface area (Å²) in [4.78, 5) is 25.8. The lowest BCUT2D eigenvalue weighted by Gasteiger charge is -2.31. The van der Waals surface area contributed by atoms with Gasteiger partial charge in [0, 0.05) is 12.6 Å². The van der Waals surface area contributed by atoms with Crippen molar-refractivity contribution in [1.29, 1.82) is 0 Å². The van der Waals surface area contributed by atoms with E-state index in [1.807, 2.05) is 27.9 Å². The summed E-state index contributed by atoms with van der Waals surface area (Å²) < 4.78 is 5.72. The predicted octanol–water partition coefficient (Wildman–Crippen LogP) is -0.163. The molecule has 1 heterocycles. The first-order valence-corrected chi connectivity index (χ1v) is 8.75. The molecule has 0 saturated heterocycles. The van der Waals surface area contributed by atoms with Gasteiger partial charge in [-0.25, -0.2) is 4.79 Å². The molecule has 4 N–H and O–H groups in total. The predicted molar refractivity (Wildman–Crippen MR) is 96.3 cm³/mol. The van der Waals surface area contributed by atoms with E-state index in [1.165, 1.54) is 0 Å². The minimum Gasteiger partial charge on any atom is -0.394 e. The van der Waals surface area contributed by atoms with E-state index in [1.54, 1.807) is 12.2 Å². The fourth-order valence-electron chi connectivity index (χ4n) is 2.47. The zero-order valence-corrected chi connectivity index (χ0v) is 15.6. The number of carbonyl (C=O) groups is 2. The van der Waals surface area contributed by atoms with E-state index in [2.05, 4.69) is 20.9 Å². The molecule has 25 heavy (non-hydrogen) atoms. The standard InChI is InChI=1S/C17H32N4O4/c1-12(2)19-17(24)20-14-7-6-13(25-15(14)11-22)10-16(23)18-8-5-9-21(3)4/h6-7,12-15,22H,5,8-11H2,1-4H3,(H,18,23)(H2,19,20,24)/t13-,14+,15+/m1/s1. The minimum atomic E-state index is -0.575. The summed E-state index contributed by atoms with van der Waals surface area (Å²) in [5.74, 6) is -0.0888. The zero-order valence-electron chi connectivity index (χ0n) is 15.6. The van der Waals surface area contributed by atoms with Crippen molar-refractivity contribution in [2.75, 3.05) is 33.8 Å². The third kappa shape index (κ3) is 8.85. The summed E-state index contributed by atoms with van der Waals surface area (Å²) in [5, 5.41) is 17.8.